The van der Waals surface area contributed by atoms with Crippen LogP contribution in [-0.4, -0.2) is 35.0 Å². The molecule has 0 spiro atoms. The molecule has 0 amide bonds. The van der Waals surface area contributed by atoms with Gasteiger partial charge in [0.15, 0.2) is 11.7 Å². The van der Waals surface area contributed by atoms with Gasteiger partial charge in [-0.2, -0.15) is 0 Å². The van der Waals surface area contributed by atoms with Gasteiger partial charge in [-0.1, -0.05) is 19.6 Å². The summed E-state index contributed by atoms with van der Waals surface area (Å²) in [6.45, 7) is 8.19. The first-order valence-corrected chi connectivity index (χ1v) is 10.0. The van der Waals surface area contributed by atoms with E-state index in [-0.39, 0.29) is 5.79 Å². The molecule has 7 heteroatoms. The Balaban J connectivity index is 2.68. The van der Waals surface area contributed by atoms with Crippen LogP contribution in [0.1, 0.15) is 0 Å². The van der Waals surface area contributed by atoms with E-state index in [0.29, 0.717) is 5.96 Å². The molecule has 0 aromatic rings. The summed E-state index contributed by atoms with van der Waals surface area (Å²) in [6, 6.07) is 0. The van der Waals surface area contributed by atoms with Crippen LogP contribution in [0, 0.1) is 0 Å². The van der Waals surface area contributed by atoms with Gasteiger partial charge >= 0.3 is 8.68 Å². The van der Waals surface area contributed by atoms with E-state index in [1.54, 1.807) is 12.9 Å². The zero-order valence-electron chi connectivity index (χ0n) is 8.96. The van der Waals surface area contributed by atoms with Crippen molar-refractivity contribution in [3.05, 3.63) is 0 Å². The van der Waals surface area contributed by atoms with Crippen LogP contribution in [0.4, 0.5) is 0 Å². The number of nitrogens with zero attached hydrogens (tertiary/aromatic N) is 2. The van der Waals surface area contributed by atoms with Crippen molar-refractivity contribution in [2.24, 2.45) is 9.98 Å². The molecule has 0 radical (unpaired) electrons. The smallest absolute Gasteiger partial charge is 0.322 e. The topological polar surface area (TPSA) is 65.8 Å². The molecule has 0 aromatic carbocycles. The quantitative estimate of drug-likeness (QED) is 0.669. The van der Waals surface area contributed by atoms with Crippen molar-refractivity contribution >= 4 is 29.2 Å². The highest BCUT2D eigenvalue weighted by Gasteiger charge is 2.20. The van der Waals surface area contributed by atoms with Crippen molar-refractivity contribution < 1.29 is 4.46 Å². The minimum Gasteiger partial charge on any atom is -0.384 e. The Labute approximate surface area is 86.5 Å². The van der Waals surface area contributed by atoms with Crippen LogP contribution in [-0.2, 0) is 4.46 Å². The molecule has 0 aliphatic carbocycles. The second kappa shape index (κ2) is 4.13. The lowest BCUT2D eigenvalue weighted by Crippen LogP contribution is -2.52. The Hall–Kier alpha value is -0.826. The predicted octanol–water partition coefficient (Wildman–Crippen LogP) is 0.315. The van der Waals surface area contributed by atoms with Gasteiger partial charge in [0, 0.05) is 0 Å². The second-order valence-corrected chi connectivity index (χ2v) is 10.7. The molecule has 0 aromatic heterocycles. The summed E-state index contributed by atoms with van der Waals surface area (Å²) in [4.78, 5) is 11.5. The Morgan fingerprint density at radius 3 is 2.71 bits per heavy atom. The summed E-state index contributed by atoms with van der Waals surface area (Å²) in [5.74, 6) is 0.310. The van der Waals surface area contributed by atoms with Crippen LogP contribution < -0.4 is 10.3 Å². The van der Waals surface area contributed by atoms with E-state index in [2.05, 4.69) is 39.9 Å². The molecule has 5 nitrogen and oxygen atoms in total. The summed E-state index contributed by atoms with van der Waals surface area (Å²) in [6.07, 6.45) is 1.56. The third kappa shape index (κ3) is 3.50. The molecule has 78 valence electrons. The summed E-state index contributed by atoms with van der Waals surface area (Å²) in [7, 11) is -3.13. The van der Waals surface area contributed by atoms with Gasteiger partial charge in [0.2, 0.25) is 0 Å². The molecular formula is C7H16N4OSi2. The molecule has 1 unspecified atom stereocenters. The molecule has 0 saturated heterocycles. The molecule has 1 atom stereocenters. The fraction of sp³-hybridized carbons (Fsp3) is 0.714. The molecule has 2 N–H and O–H groups in total. The first-order valence-electron chi connectivity index (χ1n) is 4.53. The Morgan fingerprint density at radius 2 is 2.21 bits per heavy atom. The van der Waals surface area contributed by atoms with E-state index < -0.39 is 16.9 Å². The average molecular weight is 228 g/mol. The van der Waals surface area contributed by atoms with E-state index in [0.717, 1.165) is 0 Å². The molecule has 0 bridgehead atoms. The van der Waals surface area contributed by atoms with Gasteiger partial charge in [0.1, 0.15) is 8.24 Å². The number of rotatable bonds is 2. The van der Waals surface area contributed by atoms with E-state index in [9.17, 15) is 4.46 Å². The van der Waals surface area contributed by atoms with Gasteiger partial charge in [0.25, 0.3) is 0 Å². The van der Waals surface area contributed by atoms with E-state index in [1.807, 2.05) is 0 Å². The maximum absolute atomic E-state index is 11.2. The van der Waals surface area contributed by atoms with Crippen LogP contribution in [0.3, 0.4) is 0 Å². The second-order valence-electron chi connectivity index (χ2n) is 4.26. The third-order valence-corrected chi connectivity index (χ3v) is 3.52. The number of hydrogen-bond acceptors (Lipinski definition) is 5. The molecular weight excluding hydrogens is 212 g/mol. The summed E-state index contributed by atoms with van der Waals surface area (Å²) in [5.41, 5.74) is 0. The van der Waals surface area contributed by atoms with E-state index in [1.165, 1.54) is 0 Å². The number of nitrogens with one attached hydrogen (secondary N) is 2. The fourth-order valence-electron chi connectivity index (χ4n) is 0.981. The van der Waals surface area contributed by atoms with Crippen molar-refractivity contribution in [3.63, 3.8) is 0 Å². The monoisotopic (exact) mass is 228 g/mol. The largest absolute Gasteiger partial charge is 0.384 e. The van der Waals surface area contributed by atoms with Crippen LogP contribution in [0.25, 0.3) is 0 Å². The van der Waals surface area contributed by atoms with Crippen LogP contribution >= 0.6 is 0 Å². The Bertz CT molecular complexity index is 295. The van der Waals surface area contributed by atoms with Crippen molar-refractivity contribution in [3.8, 4) is 0 Å². The minimum atomic E-state index is -1.72. The van der Waals surface area contributed by atoms with Gasteiger partial charge in [-0.3, -0.25) is 0 Å². The van der Waals surface area contributed by atoms with Gasteiger partial charge in [0.05, 0.1) is 6.34 Å². The van der Waals surface area contributed by atoms with Crippen molar-refractivity contribution in [1.82, 2.24) is 10.3 Å². The van der Waals surface area contributed by atoms with Crippen molar-refractivity contribution in [2.75, 3.05) is 0 Å². The highest BCUT2D eigenvalue weighted by Crippen LogP contribution is 1.99. The zero-order valence-corrected chi connectivity index (χ0v) is 11.0. The summed E-state index contributed by atoms with van der Waals surface area (Å²) in [5, 5.41) is 2.92. The van der Waals surface area contributed by atoms with Crippen LogP contribution in [0.5, 0.6) is 0 Å². The third-order valence-electron chi connectivity index (χ3n) is 1.53. The van der Waals surface area contributed by atoms with Gasteiger partial charge in [-0.25, -0.2) is 9.98 Å². The molecule has 1 aliphatic heterocycles. The first kappa shape index (κ1) is 11.2. The van der Waals surface area contributed by atoms with Gasteiger partial charge in [-0.05, 0) is 6.55 Å². The number of aliphatic imine (C=N–C) groups is 2. The predicted molar refractivity (Wildman–Crippen MR) is 61.6 cm³/mol. The molecule has 0 fully saturated rings. The van der Waals surface area contributed by atoms with Gasteiger partial charge in [-0.15, -0.1) is 0 Å². The summed E-state index contributed by atoms with van der Waals surface area (Å²) < 4.78 is 11.2. The first-order chi connectivity index (χ1) is 6.38. The Kier molecular flexibility index (Phi) is 3.32. The maximum Gasteiger partial charge on any atom is 0.322 e. The van der Waals surface area contributed by atoms with Crippen LogP contribution in [0.2, 0.25) is 26.2 Å². The summed E-state index contributed by atoms with van der Waals surface area (Å²) >= 11 is 0. The van der Waals surface area contributed by atoms with E-state index in [4.69, 9.17) is 0 Å². The minimum absolute atomic E-state index is 0.389. The highest BCUT2D eigenvalue weighted by atomic mass is 28.3. The van der Waals surface area contributed by atoms with Gasteiger partial charge < -0.3 is 14.8 Å². The molecule has 1 heterocycles. The molecule has 1 rings (SSSR count). The highest BCUT2D eigenvalue weighted by molar-refractivity contribution is 6.75. The molecule has 1 aliphatic rings. The zero-order chi connectivity index (χ0) is 10.8. The normalized spacial score (nSPS) is 21.1. The van der Waals surface area contributed by atoms with Crippen molar-refractivity contribution in [2.45, 2.75) is 32.0 Å². The lowest BCUT2D eigenvalue weighted by atomic mass is 10.8. The molecule has 0 saturated carbocycles. The lowest BCUT2D eigenvalue weighted by Gasteiger charge is -2.23. The number of guanidine groups is 1. The maximum atomic E-state index is 11.2. The SMILES string of the molecule is C[Si](=O)C1N=CNC(N[Si](C)(C)C)=N1. The molecule has 14 heavy (non-hydrogen) atoms. The average Bonchev–Trinajstić information content (AvgIpc) is 2.01. The Morgan fingerprint density at radius 1 is 1.57 bits per heavy atom. The van der Waals surface area contributed by atoms with Crippen molar-refractivity contribution in [1.29, 1.82) is 0 Å². The fourth-order valence-corrected chi connectivity index (χ4v) is 2.42. The standard InChI is InChI=1S/C7H16N4OSi2/c1-13(12)7-9-5-8-6(10-7)11-14(2,3)4/h5,7H,1-4H3,(H2,8,9,10,11). The lowest BCUT2D eigenvalue weighted by molar-refractivity contribution is 0.553. The van der Waals surface area contributed by atoms with Crippen LogP contribution in [0.15, 0.2) is 9.98 Å². The number of hydrogen-bond donors (Lipinski definition) is 2. The van der Waals surface area contributed by atoms with E-state index >= 15 is 0 Å².